The fraction of sp³-hybridized carbons (Fsp3) is 0.943. The van der Waals surface area contributed by atoms with Crippen molar-refractivity contribution in [3.05, 3.63) is 0 Å². The Kier molecular flexibility index (Phi) is 31.0. The highest BCUT2D eigenvalue weighted by Gasteiger charge is 2.49. The van der Waals surface area contributed by atoms with Crippen LogP contribution in [0.25, 0.3) is 0 Å². The smallest absolute Gasteiger partial charge is 0.305 e. The summed E-state index contributed by atoms with van der Waals surface area (Å²) < 4.78 is 53.2. The first-order valence-corrected chi connectivity index (χ1v) is 33.7. The van der Waals surface area contributed by atoms with Gasteiger partial charge in [-0.3, -0.25) is 14.4 Å². The molecule has 2 saturated carbocycles. The molecule has 1 N–H and O–H groups in total. The second-order valence-electron chi connectivity index (χ2n) is 23.1. The number of alkyl halides is 2. The van der Waals surface area contributed by atoms with Crippen LogP contribution in [0.2, 0.25) is 36.3 Å². The van der Waals surface area contributed by atoms with Crippen LogP contribution in [-0.4, -0.2) is 123 Å². The maximum absolute atomic E-state index is 11.9. The zero-order valence-corrected chi connectivity index (χ0v) is 49.6. The van der Waals surface area contributed by atoms with Crippen molar-refractivity contribution in [2.24, 2.45) is 23.7 Å². The van der Waals surface area contributed by atoms with Gasteiger partial charge >= 0.3 is 17.9 Å². The van der Waals surface area contributed by atoms with Crippen molar-refractivity contribution in [1.29, 1.82) is 0 Å². The topological polar surface area (TPSA) is 155 Å². The highest BCUT2D eigenvalue weighted by molar-refractivity contribution is 6.74. The van der Waals surface area contributed by atoms with Crippen LogP contribution >= 0.6 is 23.2 Å². The summed E-state index contributed by atoms with van der Waals surface area (Å²) in [5.74, 6) is 0.213. The number of methoxy groups -OCH3 is 2. The minimum atomic E-state index is -1.94. The summed E-state index contributed by atoms with van der Waals surface area (Å²) >= 11 is 9.53. The van der Waals surface area contributed by atoms with Crippen LogP contribution in [0.4, 0.5) is 0 Å². The van der Waals surface area contributed by atoms with Gasteiger partial charge in [0.25, 0.3) is 0 Å². The molecule has 4 aliphatic rings. The molecule has 70 heavy (non-hydrogen) atoms. The van der Waals surface area contributed by atoms with Gasteiger partial charge in [-0.15, -0.1) is 23.2 Å². The summed E-state index contributed by atoms with van der Waals surface area (Å²) in [5, 5.41) is 11.4. The monoisotopic (exact) mass is 1070 g/mol. The van der Waals surface area contributed by atoms with E-state index >= 15 is 0 Å². The third-order valence-corrected chi connectivity index (χ3v) is 24.9. The van der Waals surface area contributed by atoms with Crippen LogP contribution in [0.15, 0.2) is 0 Å². The van der Waals surface area contributed by atoms with Crippen molar-refractivity contribution in [2.45, 2.75) is 250 Å². The number of aliphatic hydroxyl groups is 1. The average molecular weight is 1070 g/mol. The maximum Gasteiger partial charge on any atom is 0.305 e. The van der Waals surface area contributed by atoms with Gasteiger partial charge in [0.05, 0.1) is 37.9 Å². The van der Waals surface area contributed by atoms with Crippen molar-refractivity contribution in [2.75, 3.05) is 46.0 Å². The number of hydrogen-bond acceptors (Lipinski definition) is 13. The molecule has 0 radical (unpaired) electrons. The summed E-state index contributed by atoms with van der Waals surface area (Å²) in [5.41, 5.74) is 0. The lowest BCUT2D eigenvalue weighted by molar-refractivity contribution is -0.198. The summed E-state index contributed by atoms with van der Waals surface area (Å²) in [6.07, 6.45) is 17.5. The summed E-state index contributed by atoms with van der Waals surface area (Å²) in [6, 6.07) is 0. The van der Waals surface area contributed by atoms with E-state index in [2.05, 4.69) is 67.7 Å². The molecule has 4 fully saturated rings. The van der Waals surface area contributed by atoms with Crippen molar-refractivity contribution < 1.29 is 61.5 Å². The van der Waals surface area contributed by atoms with Gasteiger partial charge in [-0.2, -0.15) is 0 Å². The summed E-state index contributed by atoms with van der Waals surface area (Å²) in [6.45, 7) is 27.0. The van der Waals surface area contributed by atoms with E-state index in [0.29, 0.717) is 38.9 Å². The predicted octanol–water partition coefficient (Wildman–Crippen LogP) is 12.9. The van der Waals surface area contributed by atoms with Gasteiger partial charge < -0.3 is 47.1 Å². The molecule has 17 heteroatoms. The molecule has 0 bridgehead atoms. The molecule has 412 valence electrons. The van der Waals surface area contributed by atoms with Gasteiger partial charge in [0, 0.05) is 76.8 Å². The zero-order valence-electron chi connectivity index (χ0n) is 46.1. The van der Waals surface area contributed by atoms with Crippen LogP contribution in [0.5, 0.6) is 0 Å². The predicted molar refractivity (Wildman–Crippen MR) is 284 cm³/mol. The number of hydrogen-bond donors (Lipinski definition) is 1. The van der Waals surface area contributed by atoms with Crippen LogP contribution in [0.3, 0.4) is 0 Å². The van der Waals surface area contributed by atoms with Crippen LogP contribution in [0, 0.1) is 23.7 Å². The molecule has 2 heterocycles. The second kappa shape index (κ2) is 33.2. The van der Waals surface area contributed by atoms with Crippen molar-refractivity contribution >= 4 is 57.7 Å². The van der Waals surface area contributed by atoms with Crippen LogP contribution in [0.1, 0.15) is 177 Å². The zero-order chi connectivity index (χ0) is 52.5. The molecule has 2 saturated heterocycles. The van der Waals surface area contributed by atoms with E-state index in [9.17, 15) is 19.5 Å². The van der Waals surface area contributed by atoms with E-state index in [-0.39, 0.29) is 94.0 Å². The molecule has 4 rings (SSSR count). The molecule has 10 atom stereocenters. The summed E-state index contributed by atoms with van der Waals surface area (Å²) in [7, 11) is -0.953. The maximum atomic E-state index is 11.9. The van der Waals surface area contributed by atoms with E-state index < -0.39 is 16.6 Å². The average Bonchev–Trinajstić information content (AvgIpc) is 3.76. The molecular formula is C53H100Cl2O13Si2. The highest BCUT2D eigenvalue weighted by Crippen LogP contribution is 2.45. The molecule has 0 aromatic rings. The Balaban J connectivity index is 0.000000456. The number of unbranched alkanes of at least 4 members (excludes halogenated alkanes) is 6. The second-order valence-corrected chi connectivity index (χ2v) is 33.5. The van der Waals surface area contributed by atoms with Crippen LogP contribution in [-0.2, 0) is 56.4 Å². The quantitative estimate of drug-likeness (QED) is 0.0303. The molecule has 0 aromatic carbocycles. The Morgan fingerprint density at radius 1 is 0.586 bits per heavy atom. The number of ether oxygens (including phenoxy) is 7. The minimum absolute atomic E-state index is 0.0119. The third-order valence-electron chi connectivity index (χ3n) is 15.9. The molecule has 0 spiro atoms. The lowest BCUT2D eigenvalue weighted by Crippen LogP contribution is -2.44. The Bertz CT molecular complexity index is 1450. The number of carbonyl (C=O) groups is 3. The lowest BCUT2D eigenvalue weighted by Gasteiger charge is -2.39. The number of carbonyl (C=O) groups excluding carboxylic acids is 3. The molecular weight excluding hydrogens is 972 g/mol. The fourth-order valence-corrected chi connectivity index (χ4v) is 11.6. The standard InChI is InChI=1S/C27H50O7Si.C25H48O6Si.CH2Cl2/c1-20(28)33-23-18-24(34-26-16-12-13-17-31-26)22(19-32-35(6,7)27(2,3)4)21(23)14-10-8-9-11-15-25(29)30-5;1-25(2,3)32(5,6)30-18-20-19(13-9-7-8-10-14-23(27)28-4)21(26)17-22(20)31-24-15-11-12-16-29-24;2-1-3/h21-24,26H,8-19H2,1-7H3;19-22,24,26H,7-18H2,1-6H3;1H2/t21-,22-,23+,24-,26?;19-,20-,21+,22-,24?;/m11./s1. The SMILES string of the molecule is COC(=O)CCCCCC[C@@H]1[C@@H](CO[Si](C)(C)C(C)(C)C)[C@H](OC2CCCCO2)C[C@@H]1O.COC(=O)CCCCCC[C@@H]1[C@@H](CO[Si](C)(C)C(C)(C)C)[C@H](OC2CCCCO2)C[C@@H]1OC(C)=O.ClCCl. The van der Waals surface area contributed by atoms with E-state index in [1.807, 2.05) is 0 Å². The Labute approximate surface area is 437 Å². The molecule has 0 aromatic heterocycles. The number of halogens is 2. The first kappa shape index (κ1) is 65.3. The van der Waals surface area contributed by atoms with Gasteiger partial charge in [-0.05, 0) is 106 Å². The first-order chi connectivity index (χ1) is 32.9. The lowest BCUT2D eigenvalue weighted by atomic mass is 9.89. The normalized spacial score (nSPS) is 27.4. The number of aliphatic hydroxyl groups excluding tert-OH is 1. The van der Waals surface area contributed by atoms with Crippen LogP contribution < -0.4 is 0 Å². The fourth-order valence-electron chi connectivity index (χ4n) is 9.49. The Morgan fingerprint density at radius 2 is 0.986 bits per heavy atom. The van der Waals surface area contributed by atoms with Gasteiger partial charge in [0.2, 0.25) is 0 Å². The van der Waals surface area contributed by atoms with Gasteiger partial charge in [-0.1, -0.05) is 80.1 Å². The van der Waals surface area contributed by atoms with E-state index in [0.717, 1.165) is 116 Å². The molecule has 0 amide bonds. The Morgan fingerprint density at radius 3 is 1.37 bits per heavy atom. The summed E-state index contributed by atoms with van der Waals surface area (Å²) in [4.78, 5) is 34.6. The number of rotatable bonds is 25. The van der Waals surface area contributed by atoms with Crippen molar-refractivity contribution in [1.82, 2.24) is 0 Å². The number of esters is 3. The third kappa shape index (κ3) is 23.8. The first-order valence-electron chi connectivity index (χ1n) is 26.8. The Hall–Kier alpha value is -0.856. The van der Waals surface area contributed by atoms with Gasteiger partial charge in [-0.25, -0.2) is 0 Å². The molecule has 2 aliphatic carbocycles. The largest absolute Gasteiger partial charge is 0.469 e. The van der Waals surface area contributed by atoms with Crippen molar-refractivity contribution in [3.63, 3.8) is 0 Å². The van der Waals surface area contributed by atoms with Gasteiger partial charge in [0.15, 0.2) is 29.2 Å². The van der Waals surface area contributed by atoms with E-state index in [4.69, 9.17) is 65.2 Å². The van der Waals surface area contributed by atoms with E-state index in [1.54, 1.807) is 0 Å². The van der Waals surface area contributed by atoms with E-state index in [1.165, 1.54) is 21.1 Å². The van der Waals surface area contributed by atoms with Crippen molar-refractivity contribution in [3.8, 4) is 0 Å². The highest BCUT2D eigenvalue weighted by atomic mass is 35.5. The molecule has 2 aliphatic heterocycles. The molecule has 13 nitrogen and oxygen atoms in total. The van der Waals surface area contributed by atoms with Gasteiger partial charge in [0.1, 0.15) is 6.10 Å². The molecule has 2 unspecified atom stereocenters. The minimum Gasteiger partial charge on any atom is -0.469 e.